The average Bonchev–Trinajstić information content (AvgIpc) is 2.70. The van der Waals surface area contributed by atoms with Gasteiger partial charge in [-0.3, -0.25) is 4.79 Å². The molecule has 2 aliphatic heterocycles. The monoisotopic (exact) mass is 353 g/mol. The van der Waals surface area contributed by atoms with Crippen molar-refractivity contribution in [3.8, 4) is 0 Å². The van der Waals surface area contributed by atoms with E-state index in [4.69, 9.17) is 9.47 Å². The summed E-state index contributed by atoms with van der Waals surface area (Å²) in [6, 6.07) is 14.2. The number of fused-ring (bicyclic) bond motifs is 1. The summed E-state index contributed by atoms with van der Waals surface area (Å²) in [4.78, 5) is 15.0. The van der Waals surface area contributed by atoms with Crippen molar-refractivity contribution in [1.82, 2.24) is 4.90 Å². The number of carbonyl (C=O) groups excluding carboxylic acids is 1. The standard InChI is InChI=1S/C22H27NO3/c1-25-15-20-16-26-13-10-22(20)8-11-23(12-9-22)21(24)19-7-6-17-4-2-3-5-18(17)14-19/h2-7,14,20H,8-13,15-16H2,1H3. The van der Waals surface area contributed by atoms with E-state index < -0.39 is 0 Å². The van der Waals surface area contributed by atoms with Gasteiger partial charge in [-0.05, 0) is 47.6 Å². The molecule has 0 aliphatic carbocycles. The maximum Gasteiger partial charge on any atom is 0.253 e. The zero-order valence-corrected chi connectivity index (χ0v) is 15.4. The van der Waals surface area contributed by atoms with Crippen LogP contribution in [0.2, 0.25) is 0 Å². The van der Waals surface area contributed by atoms with Gasteiger partial charge in [0.1, 0.15) is 0 Å². The molecule has 0 saturated carbocycles. The van der Waals surface area contributed by atoms with Crippen LogP contribution >= 0.6 is 0 Å². The second-order valence-electron chi connectivity index (χ2n) is 7.69. The molecule has 4 nitrogen and oxygen atoms in total. The second kappa shape index (κ2) is 7.37. The molecule has 1 atom stereocenters. The van der Waals surface area contributed by atoms with Crippen molar-refractivity contribution in [2.75, 3.05) is 40.0 Å². The number of nitrogens with zero attached hydrogens (tertiary/aromatic N) is 1. The van der Waals surface area contributed by atoms with Gasteiger partial charge in [0.25, 0.3) is 5.91 Å². The molecule has 0 bridgehead atoms. The van der Waals surface area contributed by atoms with Gasteiger partial charge in [-0.2, -0.15) is 0 Å². The van der Waals surface area contributed by atoms with Crippen LogP contribution in [0.25, 0.3) is 10.8 Å². The van der Waals surface area contributed by atoms with E-state index >= 15 is 0 Å². The predicted octanol–water partition coefficient (Wildman–Crippen LogP) is 3.75. The average molecular weight is 353 g/mol. The van der Waals surface area contributed by atoms with E-state index in [0.717, 1.165) is 63.1 Å². The predicted molar refractivity (Wildman–Crippen MR) is 102 cm³/mol. The van der Waals surface area contributed by atoms with Crippen LogP contribution in [0.15, 0.2) is 42.5 Å². The number of rotatable bonds is 3. The molecule has 2 fully saturated rings. The van der Waals surface area contributed by atoms with Crippen molar-refractivity contribution < 1.29 is 14.3 Å². The highest BCUT2D eigenvalue weighted by molar-refractivity contribution is 5.98. The van der Waals surface area contributed by atoms with E-state index in [9.17, 15) is 4.79 Å². The van der Waals surface area contributed by atoms with Gasteiger partial charge in [0.2, 0.25) is 0 Å². The summed E-state index contributed by atoms with van der Waals surface area (Å²) in [6.45, 7) is 4.02. The number of benzene rings is 2. The highest BCUT2D eigenvalue weighted by Crippen LogP contribution is 2.45. The van der Waals surface area contributed by atoms with Crippen LogP contribution in [0.1, 0.15) is 29.6 Å². The van der Waals surface area contributed by atoms with E-state index in [0.29, 0.717) is 5.92 Å². The van der Waals surface area contributed by atoms with Crippen molar-refractivity contribution in [2.24, 2.45) is 11.3 Å². The lowest BCUT2D eigenvalue weighted by molar-refractivity contribution is -0.0912. The van der Waals surface area contributed by atoms with Gasteiger partial charge in [-0.1, -0.05) is 30.3 Å². The van der Waals surface area contributed by atoms with Gasteiger partial charge in [0, 0.05) is 38.3 Å². The lowest BCUT2D eigenvalue weighted by atomic mass is 9.66. The Balaban J connectivity index is 1.47. The molecule has 0 aromatic heterocycles. The van der Waals surface area contributed by atoms with Crippen molar-refractivity contribution in [3.63, 3.8) is 0 Å². The molecule has 4 heteroatoms. The third-order valence-corrected chi connectivity index (χ3v) is 6.34. The van der Waals surface area contributed by atoms with Gasteiger partial charge in [0.05, 0.1) is 13.2 Å². The zero-order chi connectivity index (χ0) is 18.0. The minimum atomic E-state index is 0.154. The first-order chi connectivity index (χ1) is 12.7. The maximum atomic E-state index is 13.0. The third-order valence-electron chi connectivity index (χ3n) is 6.34. The van der Waals surface area contributed by atoms with Gasteiger partial charge in [-0.25, -0.2) is 0 Å². The van der Waals surface area contributed by atoms with Crippen molar-refractivity contribution in [2.45, 2.75) is 19.3 Å². The highest BCUT2D eigenvalue weighted by atomic mass is 16.5. The second-order valence-corrected chi connectivity index (χ2v) is 7.69. The van der Waals surface area contributed by atoms with Crippen molar-refractivity contribution in [3.05, 3.63) is 48.0 Å². The van der Waals surface area contributed by atoms with E-state index in [1.165, 1.54) is 5.39 Å². The van der Waals surface area contributed by atoms with Crippen LogP contribution in [-0.4, -0.2) is 50.8 Å². The molecule has 2 aliphatic rings. The molecule has 0 N–H and O–H groups in total. The molecule has 2 heterocycles. The van der Waals surface area contributed by atoms with Crippen LogP contribution in [0.3, 0.4) is 0 Å². The molecular weight excluding hydrogens is 326 g/mol. The summed E-state index contributed by atoms with van der Waals surface area (Å²) in [6.07, 6.45) is 3.17. The summed E-state index contributed by atoms with van der Waals surface area (Å²) in [5.41, 5.74) is 1.06. The molecule has 1 unspecified atom stereocenters. The first kappa shape index (κ1) is 17.5. The molecule has 0 radical (unpaired) electrons. The Morgan fingerprint density at radius 3 is 2.69 bits per heavy atom. The van der Waals surface area contributed by atoms with Gasteiger partial charge in [0.15, 0.2) is 0 Å². The largest absolute Gasteiger partial charge is 0.384 e. The SMILES string of the molecule is COCC1COCCC12CCN(C(=O)c1ccc3ccccc3c1)CC2. The molecular formula is C22H27NO3. The number of methoxy groups -OCH3 is 1. The number of hydrogen-bond donors (Lipinski definition) is 0. The Bertz CT molecular complexity index is 778. The van der Waals surface area contributed by atoms with E-state index in [1.807, 2.05) is 35.2 Å². The minimum absolute atomic E-state index is 0.154. The van der Waals surface area contributed by atoms with E-state index in [2.05, 4.69) is 12.1 Å². The molecule has 4 rings (SSSR count). The van der Waals surface area contributed by atoms with Gasteiger partial charge < -0.3 is 14.4 Å². The number of likely N-dealkylation sites (tertiary alicyclic amines) is 1. The first-order valence-corrected chi connectivity index (χ1v) is 9.57. The smallest absolute Gasteiger partial charge is 0.253 e. The quantitative estimate of drug-likeness (QED) is 0.844. The van der Waals surface area contributed by atoms with Crippen LogP contribution in [0.4, 0.5) is 0 Å². The number of hydrogen-bond acceptors (Lipinski definition) is 3. The Labute approximate surface area is 155 Å². The molecule has 1 amide bonds. The van der Waals surface area contributed by atoms with E-state index in [-0.39, 0.29) is 11.3 Å². The Morgan fingerprint density at radius 1 is 1.15 bits per heavy atom. The van der Waals surface area contributed by atoms with E-state index in [1.54, 1.807) is 7.11 Å². The van der Waals surface area contributed by atoms with Gasteiger partial charge in [-0.15, -0.1) is 0 Å². The Morgan fingerprint density at radius 2 is 1.92 bits per heavy atom. The Kier molecular flexibility index (Phi) is 4.96. The highest BCUT2D eigenvalue weighted by Gasteiger charge is 2.44. The van der Waals surface area contributed by atoms with Crippen LogP contribution in [0, 0.1) is 11.3 Å². The third kappa shape index (κ3) is 3.24. The Hall–Kier alpha value is -1.91. The fraction of sp³-hybridized carbons (Fsp3) is 0.500. The normalized spacial score (nSPS) is 22.7. The molecule has 138 valence electrons. The van der Waals surface area contributed by atoms with Crippen LogP contribution in [-0.2, 0) is 9.47 Å². The number of piperidine rings is 1. The fourth-order valence-corrected chi connectivity index (χ4v) is 4.63. The number of carbonyl (C=O) groups is 1. The summed E-state index contributed by atoms with van der Waals surface area (Å²) in [5.74, 6) is 0.597. The minimum Gasteiger partial charge on any atom is -0.384 e. The number of amides is 1. The summed E-state index contributed by atoms with van der Waals surface area (Å²) in [7, 11) is 1.76. The fourth-order valence-electron chi connectivity index (χ4n) is 4.63. The van der Waals surface area contributed by atoms with Crippen LogP contribution < -0.4 is 0 Å². The van der Waals surface area contributed by atoms with Crippen molar-refractivity contribution in [1.29, 1.82) is 0 Å². The summed E-state index contributed by atoms with van der Waals surface area (Å²) >= 11 is 0. The molecule has 2 aromatic rings. The molecule has 2 aromatic carbocycles. The molecule has 1 spiro atoms. The summed E-state index contributed by atoms with van der Waals surface area (Å²) < 4.78 is 11.1. The zero-order valence-electron chi connectivity index (χ0n) is 15.4. The number of ether oxygens (including phenoxy) is 2. The summed E-state index contributed by atoms with van der Waals surface area (Å²) in [5, 5.41) is 2.29. The van der Waals surface area contributed by atoms with Crippen molar-refractivity contribution >= 4 is 16.7 Å². The first-order valence-electron chi connectivity index (χ1n) is 9.57. The maximum absolute atomic E-state index is 13.0. The molecule has 26 heavy (non-hydrogen) atoms. The lowest BCUT2D eigenvalue weighted by Gasteiger charge is -2.48. The molecule has 2 saturated heterocycles. The lowest BCUT2D eigenvalue weighted by Crippen LogP contribution is -2.50. The van der Waals surface area contributed by atoms with Gasteiger partial charge >= 0.3 is 0 Å². The topological polar surface area (TPSA) is 38.8 Å². The van der Waals surface area contributed by atoms with Crippen LogP contribution in [0.5, 0.6) is 0 Å².